The highest BCUT2D eigenvalue weighted by molar-refractivity contribution is 14.0. The number of amides is 1. The van der Waals surface area contributed by atoms with Crippen LogP contribution in [0.2, 0.25) is 0 Å². The largest absolute Gasteiger partial charge is 0.434 e. The van der Waals surface area contributed by atoms with Crippen molar-refractivity contribution in [3.05, 3.63) is 38.5 Å². The highest BCUT2D eigenvalue weighted by Gasteiger charge is 2.33. The normalized spacial score (nSPS) is 11.7. The first-order chi connectivity index (χ1) is 12.8. The van der Waals surface area contributed by atoms with Gasteiger partial charge in [0.05, 0.1) is 6.54 Å². The third-order valence-corrected chi connectivity index (χ3v) is 5.15. The van der Waals surface area contributed by atoms with Crippen LogP contribution in [-0.4, -0.2) is 48.9 Å². The molecule has 0 aliphatic rings. The van der Waals surface area contributed by atoms with Crippen molar-refractivity contribution in [2.24, 2.45) is 4.99 Å². The molecule has 0 bridgehead atoms. The molecule has 2 heterocycles. The van der Waals surface area contributed by atoms with E-state index in [1.165, 1.54) is 9.78 Å². The number of rotatable bonds is 7. The molecule has 156 valence electrons. The van der Waals surface area contributed by atoms with E-state index in [-0.39, 0.29) is 48.0 Å². The summed E-state index contributed by atoms with van der Waals surface area (Å²) < 4.78 is 37.9. The Morgan fingerprint density at radius 2 is 2.04 bits per heavy atom. The molecule has 2 rings (SSSR count). The maximum Gasteiger partial charge on any atom is 0.434 e. The van der Waals surface area contributed by atoms with Gasteiger partial charge in [-0.05, 0) is 17.9 Å². The zero-order valence-corrected chi connectivity index (χ0v) is 19.2. The molecule has 12 heteroatoms. The Labute approximate surface area is 186 Å². The summed E-state index contributed by atoms with van der Waals surface area (Å²) in [6.45, 7) is 0.600. The van der Waals surface area contributed by atoms with Gasteiger partial charge in [0.15, 0.2) is 11.7 Å². The van der Waals surface area contributed by atoms with E-state index >= 15 is 0 Å². The van der Waals surface area contributed by atoms with Crippen molar-refractivity contribution in [3.63, 3.8) is 0 Å². The van der Waals surface area contributed by atoms with Crippen molar-refractivity contribution in [3.8, 4) is 0 Å². The van der Waals surface area contributed by atoms with E-state index in [1.54, 1.807) is 25.4 Å². The fourth-order valence-corrected chi connectivity index (χ4v) is 3.35. The van der Waals surface area contributed by atoms with Crippen molar-refractivity contribution >= 4 is 58.5 Å². The first kappa shape index (κ1) is 24.6. The maximum atomic E-state index is 12.6. The summed E-state index contributed by atoms with van der Waals surface area (Å²) in [7, 11) is 3.26. The minimum atomic E-state index is -4.46. The number of likely N-dealkylation sites (N-methyl/N-ethyl adjacent to an activating group) is 1. The molecule has 28 heavy (non-hydrogen) atoms. The molecule has 0 aliphatic heterocycles. The van der Waals surface area contributed by atoms with Gasteiger partial charge in [-0.1, -0.05) is 6.07 Å². The minimum Gasteiger partial charge on any atom is -0.356 e. The van der Waals surface area contributed by atoms with Crippen LogP contribution in [-0.2, 0) is 23.9 Å². The van der Waals surface area contributed by atoms with Gasteiger partial charge in [0.25, 0.3) is 0 Å². The number of hydrogen-bond acceptors (Lipinski definition) is 5. The fourth-order valence-electron chi connectivity index (χ4n) is 1.90. The van der Waals surface area contributed by atoms with Crippen LogP contribution in [0.3, 0.4) is 0 Å². The standard InChI is InChI=1S/C16H20F3N5OS2.HI/c1-24(2)14(25)9-22-15(20-6-5-11-4-3-7-26-11)21-8-13-23-12(10-27-13)16(17,18)19;/h3-4,7,10H,5-6,8-9H2,1-2H3,(H2,20,21,22);1H. The Balaban J connectivity index is 0.00000392. The lowest BCUT2D eigenvalue weighted by molar-refractivity contribution is -0.140. The number of thiophene rings is 1. The second-order valence-electron chi connectivity index (χ2n) is 5.69. The average Bonchev–Trinajstić information content (AvgIpc) is 3.27. The minimum absolute atomic E-state index is 0. The van der Waals surface area contributed by atoms with Gasteiger partial charge in [0.2, 0.25) is 5.91 Å². The number of nitrogens with one attached hydrogen (secondary N) is 2. The van der Waals surface area contributed by atoms with E-state index in [2.05, 4.69) is 20.6 Å². The lowest BCUT2D eigenvalue weighted by Gasteiger charge is -2.13. The highest BCUT2D eigenvalue weighted by atomic mass is 127. The molecule has 0 radical (unpaired) electrons. The third kappa shape index (κ3) is 8.31. The van der Waals surface area contributed by atoms with Crippen molar-refractivity contribution < 1.29 is 18.0 Å². The summed E-state index contributed by atoms with van der Waals surface area (Å²) in [6, 6.07) is 3.98. The van der Waals surface area contributed by atoms with Crippen molar-refractivity contribution in [2.45, 2.75) is 19.1 Å². The molecule has 0 atom stereocenters. The molecule has 0 aliphatic carbocycles. The molecule has 0 spiro atoms. The van der Waals surface area contributed by atoms with Crippen molar-refractivity contribution in [2.75, 3.05) is 27.2 Å². The van der Waals surface area contributed by atoms with E-state index in [0.717, 1.165) is 23.1 Å². The molecular formula is C16H21F3IN5OS2. The molecular weight excluding hydrogens is 526 g/mol. The number of hydrogen-bond donors (Lipinski definition) is 2. The number of carbonyl (C=O) groups excluding carboxylic acids is 1. The molecule has 0 fully saturated rings. The first-order valence-corrected chi connectivity index (χ1v) is 9.78. The molecule has 0 saturated heterocycles. The van der Waals surface area contributed by atoms with Gasteiger partial charge in [-0.2, -0.15) is 13.2 Å². The summed E-state index contributed by atoms with van der Waals surface area (Å²) >= 11 is 2.56. The quantitative estimate of drug-likeness (QED) is 0.318. The number of alkyl halides is 3. The zero-order valence-electron chi connectivity index (χ0n) is 15.2. The number of carbonyl (C=O) groups is 1. The number of aliphatic imine (C=N–C) groups is 1. The van der Waals surface area contributed by atoms with E-state index in [4.69, 9.17) is 0 Å². The number of guanidine groups is 1. The molecule has 2 N–H and O–H groups in total. The first-order valence-electron chi connectivity index (χ1n) is 8.02. The summed E-state index contributed by atoms with van der Waals surface area (Å²) in [6.07, 6.45) is -3.68. The van der Waals surface area contributed by atoms with Gasteiger partial charge >= 0.3 is 6.18 Å². The average molecular weight is 547 g/mol. The molecule has 6 nitrogen and oxygen atoms in total. The van der Waals surface area contributed by atoms with Crippen LogP contribution < -0.4 is 10.6 Å². The van der Waals surface area contributed by atoms with E-state index in [9.17, 15) is 18.0 Å². The van der Waals surface area contributed by atoms with Crippen molar-refractivity contribution in [1.82, 2.24) is 20.5 Å². The van der Waals surface area contributed by atoms with Crippen LogP contribution in [0.4, 0.5) is 13.2 Å². The second kappa shape index (κ2) is 11.6. The van der Waals surface area contributed by atoms with Crippen LogP contribution in [0.15, 0.2) is 27.9 Å². The second-order valence-corrected chi connectivity index (χ2v) is 7.66. The Morgan fingerprint density at radius 3 is 2.61 bits per heavy atom. The van der Waals surface area contributed by atoms with E-state index < -0.39 is 11.9 Å². The van der Waals surface area contributed by atoms with Crippen LogP contribution >= 0.6 is 46.7 Å². The van der Waals surface area contributed by atoms with Gasteiger partial charge < -0.3 is 15.5 Å². The summed E-state index contributed by atoms with van der Waals surface area (Å²) in [4.78, 5) is 22.1. The number of thiazole rings is 1. The molecule has 2 aromatic rings. The molecule has 0 aromatic carbocycles. The summed E-state index contributed by atoms with van der Waals surface area (Å²) in [5.74, 6) is 0.175. The van der Waals surface area contributed by atoms with Crippen LogP contribution in [0.5, 0.6) is 0 Å². The third-order valence-electron chi connectivity index (χ3n) is 3.36. The maximum absolute atomic E-state index is 12.6. The summed E-state index contributed by atoms with van der Waals surface area (Å²) in [5.41, 5.74) is -0.906. The van der Waals surface area contributed by atoms with Gasteiger partial charge in [0.1, 0.15) is 11.6 Å². The SMILES string of the molecule is CN(C)C(=O)CN=C(NCCc1cccs1)NCc1nc(C(F)(F)F)cs1.I. The molecule has 0 saturated carbocycles. The highest BCUT2D eigenvalue weighted by Crippen LogP contribution is 2.29. The van der Waals surface area contributed by atoms with Crippen LogP contribution in [0.25, 0.3) is 0 Å². The molecule has 0 unspecified atom stereocenters. The molecule has 1 amide bonds. The van der Waals surface area contributed by atoms with Gasteiger partial charge in [-0.15, -0.1) is 46.7 Å². The fraction of sp³-hybridized carbons (Fsp3) is 0.438. The van der Waals surface area contributed by atoms with Crippen molar-refractivity contribution in [1.29, 1.82) is 0 Å². The zero-order chi connectivity index (χ0) is 19.9. The van der Waals surface area contributed by atoms with Crippen LogP contribution in [0.1, 0.15) is 15.6 Å². The number of nitrogens with zero attached hydrogens (tertiary/aromatic N) is 3. The smallest absolute Gasteiger partial charge is 0.356 e. The van der Waals surface area contributed by atoms with Gasteiger partial charge in [-0.25, -0.2) is 9.98 Å². The Morgan fingerprint density at radius 1 is 1.29 bits per heavy atom. The lowest BCUT2D eigenvalue weighted by atomic mass is 10.3. The number of halogens is 4. The van der Waals surface area contributed by atoms with E-state index in [1.807, 2.05) is 17.5 Å². The monoisotopic (exact) mass is 547 g/mol. The van der Waals surface area contributed by atoms with Gasteiger partial charge in [-0.3, -0.25) is 4.79 Å². The Kier molecular flexibility index (Phi) is 10.2. The summed E-state index contributed by atoms with van der Waals surface area (Å²) in [5, 5.41) is 9.27. The predicted octanol–water partition coefficient (Wildman–Crippen LogP) is 3.21. The predicted molar refractivity (Wildman–Crippen MR) is 116 cm³/mol. The van der Waals surface area contributed by atoms with Crippen LogP contribution in [0, 0.1) is 0 Å². The lowest BCUT2D eigenvalue weighted by Crippen LogP contribution is -2.39. The van der Waals surface area contributed by atoms with E-state index in [0.29, 0.717) is 12.5 Å². The topological polar surface area (TPSA) is 69.6 Å². The van der Waals surface area contributed by atoms with Gasteiger partial charge in [0, 0.05) is 30.9 Å². The number of aromatic nitrogens is 1. The molecule has 2 aromatic heterocycles. The Bertz CT molecular complexity index is 763. The Hall–Kier alpha value is -1.41.